The van der Waals surface area contributed by atoms with Crippen molar-refractivity contribution in [2.75, 3.05) is 37.9 Å². The highest BCUT2D eigenvalue weighted by Gasteiger charge is 2.11. The molecule has 0 aliphatic carbocycles. The minimum atomic E-state index is 0.352. The Kier molecular flexibility index (Phi) is 5.42. The summed E-state index contributed by atoms with van der Waals surface area (Å²) in [5.74, 6) is 1.44. The minimum absolute atomic E-state index is 0.352. The van der Waals surface area contributed by atoms with Crippen LogP contribution >= 0.6 is 0 Å². The molecule has 1 N–H and O–H groups in total. The van der Waals surface area contributed by atoms with E-state index in [1.54, 1.807) is 4.90 Å². The summed E-state index contributed by atoms with van der Waals surface area (Å²) in [6, 6.07) is 9.70. The number of anilines is 2. The Morgan fingerprint density at radius 1 is 1.14 bits per heavy atom. The van der Waals surface area contributed by atoms with Crippen LogP contribution in [0, 0.1) is 0 Å². The highest BCUT2D eigenvalue weighted by atomic mass is 16.6. The Morgan fingerprint density at radius 3 is 2.57 bits per heavy atom. The van der Waals surface area contributed by atoms with E-state index in [0.29, 0.717) is 31.1 Å². The molecular weight excluding hydrogens is 270 g/mol. The van der Waals surface area contributed by atoms with Gasteiger partial charge in [-0.1, -0.05) is 30.3 Å². The van der Waals surface area contributed by atoms with E-state index in [1.165, 1.54) is 7.11 Å². The molecule has 7 heteroatoms. The normalized spacial score (nSPS) is 10.4. The van der Waals surface area contributed by atoms with E-state index in [1.807, 2.05) is 44.3 Å². The zero-order chi connectivity index (χ0) is 15.1. The van der Waals surface area contributed by atoms with Crippen molar-refractivity contribution >= 4 is 11.9 Å². The van der Waals surface area contributed by atoms with E-state index in [-0.39, 0.29) is 0 Å². The maximum absolute atomic E-state index is 5.37. The Bertz CT molecular complexity index is 565. The molecule has 0 aliphatic heterocycles. The quantitative estimate of drug-likeness (QED) is 0.617. The maximum atomic E-state index is 5.37. The second-order valence-corrected chi connectivity index (χ2v) is 4.27. The van der Waals surface area contributed by atoms with Gasteiger partial charge in [0.25, 0.3) is 5.95 Å². The van der Waals surface area contributed by atoms with Gasteiger partial charge in [0.1, 0.15) is 6.73 Å². The first kappa shape index (κ1) is 15.1. The third-order valence-corrected chi connectivity index (χ3v) is 2.68. The number of hydrogen-bond acceptors (Lipinski definition) is 7. The molecule has 1 aromatic carbocycles. The molecule has 0 radical (unpaired) electrons. The molecule has 2 aromatic rings. The average molecular weight is 289 g/mol. The van der Waals surface area contributed by atoms with Crippen LogP contribution in [0.4, 0.5) is 11.9 Å². The van der Waals surface area contributed by atoms with Crippen LogP contribution < -0.4 is 10.4 Å². The van der Waals surface area contributed by atoms with Gasteiger partial charge in [-0.2, -0.15) is 15.0 Å². The minimum Gasteiger partial charge on any atom is -0.361 e. The molecule has 0 aliphatic rings. The molecule has 2 rings (SSSR count). The van der Waals surface area contributed by atoms with Crippen molar-refractivity contribution in [2.45, 2.75) is 6.92 Å². The smallest absolute Gasteiger partial charge is 0.252 e. The molecule has 0 spiro atoms. The highest BCUT2D eigenvalue weighted by molar-refractivity contribution is 5.57. The zero-order valence-corrected chi connectivity index (χ0v) is 12.4. The summed E-state index contributed by atoms with van der Waals surface area (Å²) in [5, 5.41) is 0. The number of nitrogens with zero attached hydrogens (tertiary/aromatic N) is 4. The molecule has 1 aromatic heterocycles. The first-order valence-electron chi connectivity index (χ1n) is 6.64. The van der Waals surface area contributed by atoms with Crippen LogP contribution in [-0.4, -0.2) is 42.4 Å². The van der Waals surface area contributed by atoms with E-state index >= 15 is 0 Å². The maximum Gasteiger partial charge on any atom is 0.252 e. The van der Waals surface area contributed by atoms with Gasteiger partial charge in [-0.05, 0) is 6.92 Å². The van der Waals surface area contributed by atoms with Crippen molar-refractivity contribution in [2.24, 2.45) is 0 Å². The van der Waals surface area contributed by atoms with Gasteiger partial charge >= 0.3 is 0 Å². The van der Waals surface area contributed by atoms with Crippen molar-refractivity contribution in [1.82, 2.24) is 15.0 Å². The molecule has 7 nitrogen and oxygen atoms in total. The largest absolute Gasteiger partial charge is 0.361 e. The first-order chi connectivity index (χ1) is 10.2. The predicted octanol–water partition coefficient (Wildman–Crippen LogP) is 1.94. The third kappa shape index (κ3) is 4.11. The van der Waals surface area contributed by atoms with E-state index < -0.39 is 0 Å². The van der Waals surface area contributed by atoms with Crippen LogP contribution in [0.1, 0.15) is 6.92 Å². The molecular formula is C14H19N5O2. The summed E-state index contributed by atoms with van der Waals surface area (Å²) < 4.78 is 5.37. The van der Waals surface area contributed by atoms with E-state index in [2.05, 4.69) is 20.4 Å². The van der Waals surface area contributed by atoms with Gasteiger partial charge in [-0.25, -0.2) is 5.48 Å². The standard InChI is InChI=1S/C14H19N5O2/c1-4-21-10-19(2)14-16-12(11-8-6-5-7-9-11)15-13(17-14)18-20-3/h5-9H,4,10H2,1-3H3,(H,15,16,17,18). The molecule has 0 saturated carbocycles. The van der Waals surface area contributed by atoms with Crippen molar-refractivity contribution in [3.8, 4) is 11.4 Å². The summed E-state index contributed by atoms with van der Waals surface area (Å²) in [6.45, 7) is 2.97. The fraction of sp³-hybridized carbons (Fsp3) is 0.357. The number of hydrogen-bond donors (Lipinski definition) is 1. The van der Waals surface area contributed by atoms with E-state index in [4.69, 9.17) is 9.57 Å². The Labute approximate surface area is 123 Å². The summed E-state index contributed by atoms with van der Waals surface area (Å²) >= 11 is 0. The molecule has 1 heterocycles. The molecule has 0 unspecified atom stereocenters. The molecule has 0 saturated heterocycles. The topological polar surface area (TPSA) is 72.4 Å². The summed E-state index contributed by atoms with van der Waals surface area (Å²) in [7, 11) is 3.37. The Morgan fingerprint density at radius 2 is 1.90 bits per heavy atom. The lowest BCUT2D eigenvalue weighted by molar-refractivity contribution is 0.150. The summed E-state index contributed by atoms with van der Waals surface area (Å²) in [5.41, 5.74) is 3.55. The van der Waals surface area contributed by atoms with Gasteiger partial charge in [0.15, 0.2) is 5.82 Å². The van der Waals surface area contributed by atoms with Gasteiger partial charge in [0.2, 0.25) is 5.95 Å². The van der Waals surface area contributed by atoms with Crippen LogP contribution in [0.3, 0.4) is 0 Å². The fourth-order valence-electron chi connectivity index (χ4n) is 1.67. The Hall–Kier alpha value is -2.25. The molecule has 0 atom stereocenters. The van der Waals surface area contributed by atoms with Gasteiger partial charge in [0.05, 0.1) is 7.11 Å². The molecule has 0 bridgehead atoms. The molecule has 21 heavy (non-hydrogen) atoms. The van der Waals surface area contributed by atoms with Crippen LogP contribution in [0.15, 0.2) is 30.3 Å². The lowest BCUT2D eigenvalue weighted by Gasteiger charge is -2.17. The second-order valence-electron chi connectivity index (χ2n) is 4.27. The van der Waals surface area contributed by atoms with Crippen molar-refractivity contribution in [3.05, 3.63) is 30.3 Å². The van der Waals surface area contributed by atoms with Crippen LogP contribution in [0.2, 0.25) is 0 Å². The number of rotatable bonds is 7. The van der Waals surface area contributed by atoms with E-state index in [0.717, 1.165) is 5.56 Å². The van der Waals surface area contributed by atoms with Crippen molar-refractivity contribution < 1.29 is 9.57 Å². The third-order valence-electron chi connectivity index (χ3n) is 2.68. The van der Waals surface area contributed by atoms with Gasteiger partial charge < -0.3 is 9.64 Å². The van der Waals surface area contributed by atoms with Gasteiger partial charge in [-0.15, -0.1) is 0 Å². The Balaban J connectivity index is 2.34. The van der Waals surface area contributed by atoms with Gasteiger partial charge in [0, 0.05) is 19.2 Å². The van der Waals surface area contributed by atoms with Crippen LogP contribution in [0.25, 0.3) is 11.4 Å². The van der Waals surface area contributed by atoms with Crippen LogP contribution in [-0.2, 0) is 9.57 Å². The lowest BCUT2D eigenvalue weighted by Crippen LogP contribution is -2.24. The summed E-state index contributed by atoms with van der Waals surface area (Å²) in [6.07, 6.45) is 0. The average Bonchev–Trinajstić information content (AvgIpc) is 2.53. The molecule has 0 fully saturated rings. The lowest BCUT2D eigenvalue weighted by atomic mass is 10.2. The number of nitrogens with one attached hydrogen (secondary N) is 1. The predicted molar refractivity (Wildman–Crippen MR) is 80.8 cm³/mol. The number of benzene rings is 1. The van der Waals surface area contributed by atoms with Crippen molar-refractivity contribution in [3.63, 3.8) is 0 Å². The summed E-state index contributed by atoms with van der Waals surface area (Å²) in [4.78, 5) is 19.8. The highest BCUT2D eigenvalue weighted by Crippen LogP contribution is 2.18. The number of ether oxygens (including phenoxy) is 1. The second kappa shape index (κ2) is 7.51. The zero-order valence-electron chi connectivity index (χ0n) is 12.4. The first-order valence-corrected chi connectivity index (χ1v) is 6.64. The van der Waals surface area contributed by atoms with Crippen LogP contribution in [0.5, 0.6) is 0 Å². The SMILES string of the molecule is CCOCN(C)c1nc(NOC)nc(-c2ccccc2)n1. The molecule has 0 amide bonds. The fourth-order valence-corrected chi connectivity index (χ4v) is 1.67. The van der Waals surface area contributed by atoms with E-state index in [9.17, 15) is 0 Å². The monoisotopic (exact) mass is 289 g/mol. The molecule has 112 valence electrons. The van der Waals surface area contributed by atoms with Gasteiger partial charge in [-0.3, -0.25) is 4.84 Å². The number of aromatic nitrogens is 3. The van der Waals surface area contributed by atoms with Crippen molar-refractivity contribution in [1.29, 1.82) is 0 Å².